The first-order valence-electron chi connectivity index (χ1n) is 27.3. The van der Waals surface area contributed by atoms with E-state index in [-0.39, 0.29) is 94.9 Å². The largest absolute Gasteiger partial charge is 0.507 e. The molecule has 4 fully saturated rings. The molecule has 24 heteroatoms. The summed E-state index contributed by atoms with van der Waals surface area (Å²) >= 11 is 0. The van der Waals surface area contributed by atoms with Gasteiger partial charge in [-0.1, -0.05) is 13.8 Å². The molecule has 444 valence electrons. The van der Waals surface area contributed by atoms with Crippen LogP contribution in [0, 0.1) is 5.92 Å². The lowest BCUT2D eigenvalue weighted by Crippen LogP contribution is -2.55. The molecule has 0 saturated carbocycles. The molecule has 23 unspecified atom stereocenters. The third-order valence-corrected chi connectivity index (χ3v) is 16.3. The number of carbonyl (C=O) groups excluding carboxylic acids is 2. The molecule has 8 rings (SSSR count). The van der Waals surface area contributed by atoms with Crippen molar-refractivity contribution in [1.82, 2.24) is 0 Å². The number of hydrogen-bond donors (Lipinski definition) is 10. The van der Waals surface area contributed by atoms with E-state index in [0.717, 1.165) is 0 Å². The van der Waals surface area contributed by atoms with Crippen LogP contribution in [0.5, 0.6) is 17.2 Å². The number of Topliss-reactive ketones (excluding diaryl/α,β-unsaturated/α-hetero) is 2. The van der Waals surface area contributed by atoms with Crippen molar-refractivity contribution in [3.05, 3.63) is 40.3 Å². The molecule has 0 amide bonds. The lowest BCUT2D eigenvalue weighted by molar-refractivity contribution is -0.309. The molecule has 1 aliphatic carbocycles. The number of phenolic OH excluding ortho intramolecular Hbond substituents is 2. The third-order valence-electron chi connectivity index (χ3n) is 16.3. The van der Waals surface area contributed by atoms with E-state index in [1.807, 2.05) is 13.8 Å². The van der Waals surface area contributed by atoms with Gasteiger partial charge in [-0.25, -0.2) is 0 Å². The first-order chi connectivity index (χ1) is 37.3. The maximum Gasteiger partial charge on any atom is 0.202 e. The van der Waals surface area contributed by atoms with E-state index in [1.54, 1.807) is 46.8 Å². The van der Waals surface area contributed by atoms with Crippen LogP contribution in [0.15, 0.2) is 23.7 Å². The number of hydrogen-bond acceptors (Lipinski definition) is 24. The van der Waals surface area contributed by atoms with Crippen LogP contribution in [-0.2, 0) is 63.3 Å². The molecule has 0 spiro atoms. The fourth-order valence-corrected chi connectivity index (χ4v) is 11.7. The smallest absolute Gasteiger partial charge is 0.202 e. The predicted octanol–water partition coefficient (Wildman–Crippen LogP) is 2.26. The Kier molecular flexibility index (Phi) is 19.6. The molecule has 2 aromatic rings. The highest BCUT2D eigenvalue weighted by molar-refractivity contribution is 6.11. The summed E-state index contributed by atoms with van der Waals surface area (Å²) in [5.74, 6) is -4.43. The molecule has 10 N–H and O–H groups in total. The van der Waals surface area contributed by atoms with Gasteiger partial charge in [-0.15, -0.1) is 0 Å². The Bertz CT molecular complexity index is 2460. The van der Waals surface area contributed by atoms with Gasteiger partial charge in [-0.2, -0.15) is 0 Å². The molecule has 0 radical (unpaired) electrons. The van der Waals surface area contributed by atoms with Gasteiger partial charge in [0.05, 0.1) is 72.3 Å². The quantitative estimate of drug-likeness (QED) is 0.102. The van der Waals surface area contributed by atoms with Crippen molar-refractivity contribution in [3.8, 4) is 17.2 Å². The van der Waals surface area contributed by atoms with Crippen LogP contribution in [0.4, 0.5) is 0 Å². The van der Waals surface area contributed by atoms with Crippen LogP contribution in [-0.4, -0.2) is 212 Å². The van der Waals surface area contributed by atoms with E-state index in [9.17, 15) is 55.9 Å². The van der Waals surface area contributed by atoms with E-state index >= 15 is 4.79 Å². The summed E-state index contributed by atoms with van der Waals surface area (Å²) in [4.78, 5) is 29.1. The van der Waals surface area contributed by atoms with Crippen LogP contribution in [0.3, 0.4) is 0 Å². The highest BCUT2D eigenvalue weighted by Gasteiger charge is 2.51. The summed E-state index contributed by atoms with van der Waals surface area (Å²) in [5, 5.41) is 110. The number of benzene rings is 2. The van der Waals surface area contributed by atoms with E-state index in [2.05, 4.69) is 0 Å². The Morgan fingerprint density at radius 2 is 1.25 bits per heavy atom. The normalized spacial score (nSPS) is 38.9. The number of fused-ring (bicyclic) bond motifs is 2. The molecule has 4 saturated heterocycles. The van der Waals surface area contributed by atoms with Gasteiger partial charge in [-0.05, 0) is 83.4 Å². The molecule has 2 aromatic carbocycles. The Morgan fingerprint density at radius 1 is 0.684 bits per heavy atom. The summed E-state index contributed by atoms with van der Waals surface area (Å²) in [6.45, 7) is 13.0. The zero-order valence-electron chi connectivity index (χ0n) is 46.1. The van der Waals surface area contributed by atoms with E-state index in [1.165, 1.54) is 21.1 Å². The number of ether oxygens (including phenoxy) is 12. The fraction of sp³-hybridized carbons (Fsp3) is 0.745. The maximum atomic E-state index is 15.2. The minimum absolute atomic E-state index is 0.0115. The summed E-state index contributed by atoms with van der Waals surface area (Å²) in [6, 6.07) is 3.11. The van der Waals surface area contributed by atoms with Crippen molar-refractivity contribution in [1.29, 1.82) is 0 Å². The van der Waals surface area contributed by atoms with Gasteiger partial charge in [0.25, 0.3) is 0 Å². The van der Waals surface area contributed by atoms with E-state index < -0.39 is 158 Å². The molecule has 24 atom stereocenters. The van der Waals surface area contributed by atoms with Gasteiger partial charge < -0.3 is 108 Å². The number of methoxy groups -OCH3 is 2. The topological polar surface area (TPSA) is 347 Å². The number of aliphatic hydroxyl groups excluding tert-OH is 8. The molecule has 5 aliphatic heterocycles. The Morgan fingerprint density at radius 3 is 1.86 bits per heavy atom. The highest BCUT2D eigenvalue weighted by atomic mass is 16.7. The van der Waals surface area contributed by atoms with Crippen LogP contribution < -0.4 is 4.74 Å². The molecule has 6 aliphatic rings. The van der Waals surface area contributed by atoms with Crippen molar-refractivity contribution < 1.29 is 117 Å². The highest BCUT2D eigenvalue weighted by Crippen LogP contribution is 2.50. The van der Waals surface area contributed by atoms with Crippen LogP contribution in [0.2, 0.25) is 0 Å². The number of aliphatic hydroxyl groups is 8. The van der Waals surface area contributed by atoms with Crippen LogP contribution >= 0.6 is 0 Å². The number of phenols is 2. The molecule has 5 heterocycles. The average molecular weight is 1130 g/mol. The van der Waals surface area contributed by atoms with Crippen molar-refractivity contribution in [2.45, 2.75) is 241 Å². The average Bonchev–Trinajstić information content (AvgIpc) is 3.48. The summed E-state index contributed by atoms with van der Waals surface area (Å²) in [6.07, 6.45) is -24.4. The molecule has 0 bridgehead atoms. The van der Waals surface area contributed by atoms with Gasteiger partial charge in [0, 0.05) is 51.4 Å². The van der Waals surface area contributed by atoms with E-state index in [0.29, 0.717) is 6.42 Å². The zero-order valence-corrected chi connectivity index (χ0v) is 46.1. The number of carbonyl (C=O) groups is 2. The number of ketones is 2. The standard InChI is InChI=1S/C55H80O24/c1-11-20(2)41-32(75-36-15-30(57)45(60)22(4)70-36)14-28-12-27-13-29(54(69-10)52(67)44(59)21(3)56)55(51(66)43(27)50(65)42(28)49(41)64)79-40-18-34(48(63)25(7)73-40)76-38-17-33(47(62)24(6)72-38)77-39-19-35(53(68-9)26(8)74-39)78-37-16-31(58)46(61)23(5)71-37/h12,14,20-26,29-31,34-40,44-46,48,53-65H,11,13,15-19H2,1-10H3/t20?,21?,22?,23?,24?,25-,26?,29?,30?,31?,34?,35?,36?,37?,38?,39?,40?,44?,45?,46?,48?,53?,54?,55?/m1/s1. The van der Waals surface area contributed by atoms with Crippen molar-refractivity contribution in [3.63, 3.8) is 0 Å². The van der Waals surface area contributed by atoms with Crippen LogP contribution in [0.25, 0.3) is 10.8 Å². The van der Waals surface area contributed by atoms with Crippen molar-refractivity contribution in [2.24, 2.45) is 5.92 Å². The second-order valence-corrected chi connectivity index (χ2v) is 22.0. The van der Waals surface area contributed by atoms with Crippen molar-refractivity contribution >= 4 is 22.3 Å². The molecular weight excluding hydrogens is 1040 g/mol. The number of rotatable bonds is 18. The Hall–Kier alpha value is -3.90. The third kappa shape index (κ3) is 12.7. The molecule has 0 aromatic heterocycles. The fourth-order valence-electron chi connectivity index (χ4n) is 11.7. The summed E-state index contributed by atoms with van der Waals surface area (Å²) < 4.78 is 73.2. The van der Waals surface area contributed by atoms with Gasteiger partial charge in [0.15, 0.2) is 36.2 Å². The van der Waals surface area contributed by atoms with Gasteiger partial charge in [0.2, 0.25) is 12.6 Å². The molecule has 24 nitrogen and oxygen atoms in total. The van der Waals surface area contributed by atoms with Crippen molar-refractivity contribution in [2.75, 3.05) is 14.2 Å². The SMILES string of the molecule is CCC(C)c1c(OC2CC(O)C(O)C(C)O2)cc2cc3c(c(O)c2c1O)C(=O)C(OC1CC(OC2CC(OC4CC(OC5CC(O)C(O)C(C)O5)C(OC)C(C)O4)=C(O)C(C)O2)C(O)[C@@H](C)O1)C(C(OC)C(=O)C(O)C(C)O)C3. The second kappa shape index (κ2) is 25.3. The van der Waals surface area contributed by atoms with Gasteiger partial charge >= 0.3 is 0 Å². The zero-order chi connectivity index (χ0) is 57.6. The lowest BCUT2D eigenvalue weighted by atomic mass is 9.74. The monoisotopic (exact) mass is 1120 g/mol. The first kappa shape index (κ1) is 61.2. The summed E-state index contributed by atoms with van der Waals surface area (Å²) in [5.41, 5.74) is 0.249. The minimum atomic E-state index is -1.94. The number of aromatic hydroxyl groups is 2. The summed E-state index contributed by atoms with van der Waals surface area (Å²) in [7, 11) is 2.69. The second-order valence-electron chi connectivity index (χ2n) is 22.0. The first-order valence-corrected chi connectivity index (χ1v) is 27.3. The maximum absolute atomic E-state index is 15.2. The lowest BCUT2D eigenvalue weighted by Gasteiger charge is -2.44. The van der Waals surface area contributed by atoms with Gasteiger partial charge in [0.1, 0.15) is 71.8 Å². The molecule has 79 heavy (non-hydrogen) atoms. The van der Waals surface area contributed by atoms with E-state index in [4.69, 9.17) is 56.8 Å². The minimum Gasteiger partial charge on any atom is -0.507 e. The predicted molar refractivity (Wildman–Crippen MR) is 273 cm³/mol. The Labute approximate surface area is 457 Å². The van der Waals surface area contributed by atoms with Gasteiger partial charge in [-0.3, -0.25) is 9.59 Å². The van der Waals surface area contributed by atoms with Crippen LogP contribution in [0.1, 0.15) is 121 Å². The Balaban J connectivity index is 1.04. The molecular formula is C55H80O24.